The highest BCUT2D eigenvalue weighted by molar-refractivity contribution is 6.06. The third-order valence-electron chi connectivity index (χ3n) is 5.43. The first kappa shape index (κ1) is 22.4. The molecule has 10 nitrogen and oxygen atoms in total. The van der Waals surface area contributed by atoms with Gasteiger partial charge in [-0.05, 0) is 35.4 Å². The van der Waals surface area contributed by atoms with E-state index in [2.05, 4.69) is 35.6 Å². The smallest absolute Gasteiger partial charge is 0.278 e. The molecule has 1 amide bonds. The van der Waals surface area contributed by atoms with Gasteiger partial charge in [0.05, 0.1) is 11.6 Å². The highest BCUT2D eigenvalue weighted by atomic mass is 19.1. The molecule has 3 aromatic heterocycles. The summed E-state index contributed by atoms with van der Waals surface area (Å²) in [7, 11) is 0. The summed E-state index contributed by atoms with van der Waals surface area (Å²) in [6, 6.07) is 14.9. The van der Waals surface area contributed by atoms with Crippen molar-refractivity contribution in [3.05, 3.63) is 90.0 Å². The van der Waals surface area contributed by atoms with Crippen molar-refractivity contribution in [2.75, 3.05) is 16.4 Å². The van der Waals surface area contributed by atoms with E-state index in [-0.39, 0.29) is 17.2 Å². The maximum atomic E-state index is 13.2. The van der Waals surface area contributed by atoms with Crippen LogP contribution in [-0.4, -0.2) is 30.8 Å². The second kappa shape index (κ2) is 9.47. The summed E-state index contributed by atoms with van der Waals surface area (Å²) in [5.74, 6) is -0.399. The van der Waals surface area contributed by atoms with Crippen LogP contribution in [0.4, 0.5) is 21.7 Å². The molecule has 36 heavy (non-hydrogen) atoms. The first-order valence-corrected chi connectivity index (χ1v) is 10.8. The molecule has 5 N–H and O–H groups in total. The molecule has 3 heterocycles. The van der Waals surface area contributed by atoms with Gasteiger partial charge >= 0.3 is 0 Å². The van der Waals surface area contributed by atoms with Crippen LogP contribution < -0.4 is 16.4 Å². The van der Waals surface area contributed by atoms with E-state index in [1.807, 2.05) is 36.5 Å². The van der Waals surface area contributed by atoms with Gasteiger partial charge in [0, 0.05) is 24.0 Å². The van der Waals surface area contributed by atoms with Crippen molar-refractivity contribution in [3.63, 3.8) is 0 Å². The number of amides is 1. The van der Waals surface area contributed by atoms with Crippen LogP contribution in [0.5, 0.6) is 0 Å². The van der Waals surface area contributed by atoms with Crippen molar-refractivity contribution in [1.82, 2.24) is 24.9 Å². The van der Waals surface area contributed by atoms with Crippen molar-refractivity contribution in [2.45, 2.75) is 6.54 Å². The molecule has 2 aromatic carbocycles. The third kappa shape index (κ3) is 4.51. The molecule has 176 valence electrons. The van der Waals surface area contributed by atoms with Gasteiger partial charge in [-0.3, -0.25) is 4.79 Å². The van der Waals surface area contributed by atoms with Gasteiger partial charge in [-0.25, -0.2) is 24.3 Å². The van der Waals surface area contributed by atoms with Crippen LogP contribution in [0.3, 0.4) is 0 Å². The van der Waals surface area contributed by atoms with E-state index < -0.39 is 11.7 Å². The minimum atomic E-state index is -0.580. The number of hydrogen-bond donors (Lipinski definition) is 4. The molecule has 0 aliphatic heterocycles. The summed E-state index contributed by atoms with van der Waals surface area (Å²) in [6.45, 7) is 0.344. The van der Waals surface area contributed by atoms with E-state index in [0.29, 0.717) is 23.7 Å². The average molecular weight is 479 g/mol. The Balaban J connectivity index is 1.34. The highest BCUT2D eigenvalue weighted by Gasteiger charge is 2.17. The van der Waals surface area contributed by atoms with Gasteiger partial charge in [0.2, 0.25) is 0 Å². The Morgan fingerprint density at radius 2 is 1.86 bits per heavy atom. The summed E-state index contributed by atoms with van der Waals surface area (Å²) in [5.41, 5.74) is 9.76. The molecule has 5 rings (SSSR count). The molecule has 0 fully saturated rings. The topological polar surface area (TPSA) is 158 Å². The van der Waals surface area contributed by atoms with Crippen LogP contribution in [0.1, 0.15) is 21.7 Å². The number of anilines is 3. The van der Waals surface area contributed by atoms with E-state index in [0.717, 1.165) is 22.1 Å². The third-order valence-corrected chi connectivity index (χ3v) is 5.43. The van der Waals surface area contributed by atoms with E-state index in [1.54, 1.807) is 0 Å². The second-order valence-corrected chi connectivity index (χ2v) is 7.76. The Labute approximate surface area is 204 Å². The maximum absolute atomic E-state index is 13.2. The number of rotatable bonds is 6. The van der Waals surface area contributed by atoms with Gasteiger partial charge in [-0.15, -0.1) is 0 Å². The van der Waals surface area contributed by atoms with Gasteiger partial charge < -0.3 is 21.4 Å². The van der Waals surface area contributed by atoms with Crippen LogP contribution in [0, 0.1) is 17.1 Å². The number of carbonyl (C=O) groups excluding carboxylic acids is 1. The van der Waals surface area contributed by atoms with Gasteiger partial charge in [0.15, 0.2) is 17.2 Å². The fourth-order valence-electron chi connectivity index (χ4n) is 3.66. The Kier molecular flexibility index (Phi) is 5.90. The fourth-order valence-corrected chi connectivity index (χ4v) is 3.66. The maximum Gasteiger partial charge on any atom is 0.278 e. The van der Waals surface area contributed by atoms with E-state index in [4.69, 9.17) is 5.73 Å². The lowest BCUT2D eigenvalue weighted by molar-refractivity contribution is 0.102. The predicted octanol–water partition coefficient (Wildman–Crippen LogP) is 3.87. The fraction of sp³-hybridized carbons (Fsp3) is 0.0400. The molecule has 0 aliphatic carbocycles. The number of benzene rings is 2. The number of nitrogen functional groups attached to an aromatic ring is 1. The number of nitrogens with zero attached hydrogens (tertiary/aromatic N) is 5. The summed E-state index contributed by atoms with van der Waals surface area (Å²) in [4.78, 5) is 32.5. The van der Waals surface area contributed by atoms with Crippen molar-refractivity contribution >= 4 is 34.3 Å². The number of nitrogens with one attached hydrogen (secondary N) is 3. The number of hydrogen-bond acceptors (Lipinski definition) is 8. The van der Waals surface area contributed by atoms with Gasteiger partial charge in [0.25, 0.3) is 5.91 Å². The molecule has 5 aromatic rings. The summed E-state index contributed by atoms with van der Waals surface area (Å²) in [5, 5.41) is 15.7. The lowest BCUT2D eigenvalue weighted by Crippen LogP contribution is -2.18. The van der Waals surface area contributed by atoms with Gasteiger partial charge in [-0.2, -0.15) is 5.26 Å². The Morgan fingerprint density at radius 1 is 1.08 bits per heavy atom. The molecule has 0 atom stereocenters. The monoisotopic (exact) mass is 479 g/mol. The Morgan fingerprint density at radius 3 is 2.61 bits per heavy atom. The van der Waals surface area contributed by atoms with Crippen LogP contribution in [-0.2, 0) is 6.54 Å². The zero-order valence-electron chi connectivity index (χ0n) is 18.7. The summed E-state index contributed by atoms with van der Waals surface area (Å²) < 4.78 is 13.2. The van der Waals surface area contributed by atoms with E-state index in [9.17, 15) is 14.4 Å². The molecule has 0 saturated carbocycles. The number of carbonyl (C=O) groups is 1. The number of aromatic amines is 1. The molecule has 0 unspecified atom stereocenters. The lowest BCUT2D eigenvalue weighted by Gasteiger charge is -2.11. The number of halogens is 1. The normalized spacial score (nSPS) is 10.7. The van der Waals surface area contributed by atoms with Crippen molar-refractivity contribution < 1.29 is 9.18 Å². The lowest BCUT2D eigenvalue weighted by atomic mass is 10.0. The number of H-pyrrole nitrogens is 1. The quantitative estimate of drug-likeness (QED) is 0.286. The predicted molar refractivity (Wildman–Crippen MR) is 132 cm³/mol. The molecule has 0 spiro atoms. The first-order chi connectivity index (χ1) is 17.5. The highest BCUT2D eigenvalue weighted by Crippen LogP contribution is 2.30. The van der Waals surface area contributed by atoms with Crippen LogP contribution in [0.2, 0.25) is 0 Å². The van der Waals surface area contributed by atoms with Crippen LogP contribution in [0.15, 0.2) is 67.3 Å². The van der Waals surface area contributed by atoms with E-state index >= 15 is 0 Å². The molecule has 0 bridgehead atoms. The number of aromatic nitrogens is 5. The van der Waals surface area contributed by atoms with Gasteiger partial charge in [-0.1, -0.05) is 24.3 Å². The minimum Gasteiger partial charge on any atom is -0.383 e. The first-order valence-electron chi connectivity index (χ1n) is 10.8. The largest absolute Gasteiger partial charge is 0.383 e. The molecule has 0 saturated heterocycles. The minimum absolute atomic E-state index is 0.00357. The Bertz CT molecular complexity index is 1610. The standard InChI is InChI=1S/C25H18FN9O/c26-16-5-7-17(8-6-16)35-25(36)21-24(30-11-18(9-27)34-21)29-10-14-1-3-15(4-2-14)19-12-31-23-20(19)22(28)32-13-33-23/h1-8,11-13H,10H2,(H,29,30)(H,35,36)(H3,28,31,32,33). The SMILES string of the molecule is N#Cc1cnc(NCc2ccc(-c3c[nH]c4ncnc(N)c34)cc2)c(C(=O)Nc2ccc(F)cc2)n1. The Hall–Kier alpha value is -5.37. The number of fused-ring (bicyclic) bond motifs is 1. The van der Waals surface area contributed by atoms with E-state index in [1.165, 1.54) is 36.8 Å². The van der Waals surface area contributed by atoms with Crippen molar-refractivity contribution in [2.24, 2.45) is 0 Å². The molecule has 0 aliphatic rings. The average Bonchev–Trinajstić information content (AvgIpc) is 3.34. The van der Waals surface area contributed by atoms with Crippen molar-refractivity contribution in [1.29, 1.82) is 5.26 Å². The molecular weight excluding hydrogens is 461 g/mol. The molecule has 0 radical (unpaired) electrons. The molecule has 11 heteroatoms. The van der Waals surface area contributed by atoms with Crippen LogP contribution in [0.25, 0.3) is 22.2 Å². The summed E-state index contributed by atoms with van der Waals surface area (Å²) >= 11 is 0. The molecular formula is C25H18FN9O. The van der Waals surface area contributed by atoms with Crippen molar-refractivity contribution in [3.8, 4) is 17.2 Å². The van der Waals surface area contributed by atoms with Crippen LogP contribution >= 0.6 is 0 Å². The second-order valence-electron chi connectivity index (χ2n) is 7.76. The summed E-state index contributed by atoms with van der Waals surface area (Å²) in [6.07, 6.45) is 4.53. The van der Waals surface area contributed by atoms with Gasteiger partial charge in [0.1, 0.15) is 29.7 Å². The zero-order chi connectivity index (χ0) is 25.1. The zero-order valence-corrected chi connectivity index (χ0v) is 18.7. The number of nitrogens with two attached hydrogens (primary N) is 1. The number of nitriles is 1.